The van der Waals surface area contributed by atoms with E-state index in [0.29, 0.717) is 16.8 Å². The minimum atomic E-state index is -0.339. The van der Waals surface area contributed by atoms with Crippen molar-refractivity contribution in [2.75, 3.05) is 11.9 Å². The zero-order chi connectivity index (χ0) is 10.9. The molecule has 0 atom stereocenters. The molecule has 0 saturated heterocycles. The molecule has 1 aromatic rings. The van der Waals surface area contributed by atoms with Gasteiger partial charge in [-0.05, 0) is 22.9 Å². The van der Waals surface area contributed by atoms with Gasteiger partial charge in [-0.3, -0.25) is 13.9 Å². The average molecular weight is 262 g/mol. The number of hydrogen-bond donors (Lipinski definition) is 1. The molecule has 0 fully saturated rings. The number of nitrogens with zero attached hydrogens (tertiary/aromatic N) is 2. The molecule has 0 aliphatic heterocycles. The molecule has 0 spiro atoms. The highest BCUT2D eigenvalue weighted by molar-refractivity contribution is 9.10. The van der Waals surface area contributed by atoms with Crippen molar-refractivity contribution in [1.82, 2.24) is 9.13 Å². The maximum Gasteiger partial charge on any atom is 0.332 e. The van der Waals surface area contributed by atoms with Crippen LogP contribution < -0.4 is 16.6 Å². The van der Waals surface area contributed by atoms with Crippen LogP contribution in [-0.4, -0.2) is 15.7 Å². The quantitative estimate of drug-likeness (QED) is 0.832. The first-order valence-corrected chi connectivity index (χ1v) is 4.99. The van der Waals surface area contributed by atoms with Gasteiger partial charge in [-0.2, -0.15) is 0 Å². The fourth-order valence-electron chi connectivity index (χ4n) is 1.17. The van der Waals surface area contributed by atoms with Crippen LogP contribution in [0.15, 0.2) is 14.1 Å². The normalized spacial score (nSPS) is 10.3. The summed E-state index contributed by atoms with van der Waals surface area (Å²) in [6.07, 6.45) is 0. The molecule has 0 aliphatic rings. The van der Waals surface area contributed by atoms with Gasteiger partial charge in [0.15, 0.2) is 0 Å². The fraction of sp³-hybridized carbons (Fsp3) is 0.500. The van der Waals surface area contributed by atoms with Gasteiger partial charge in [0.25, 0.3) is 5.56 Å². The van der Waals surface area contributed by atoms with E-state index in [9.17, 15) is 9.59 Å². The molecule has 6 heteroatoms. The number of rotatable bonds is 2. The van der Waals surface area contributed by atoms with Gasteiger partial charge in [-0.15, -0.1) is 0 Å². The SMILES string of the molecule is CCNc1c(Br)c(=O)n(C)c(=O)n1C. The van der Waals surface area contributed by atoms with Crippen molar-refractivity contribution in [3.63, 3.8) is 0 Å². The average Bonchev–Trinajstić information content (AvgIpc) is 2.19. The summed E-state index contributed by atoms with van der Waals surface area (Å²) >= 11 is 3.16. The Labute approximate surface area is 89.5 Å². The van der Waals surface area contributed by atoms with Crippen LogP contribution in [0.25, 0.3) is 0 Å². The first kappa shape index (κ1) is 11.0. The Morgan fingerprint density at radius 2 is 1.86 bits per heavy atom. The van der Waals surface area contributed by atoms with Crippen LogP contribution >= 0.6 is 15.9 Å². The summed E-state index contributed by atoms with van der Waals surface area (Å²) in [6, 6.07) is 0. The van der Waals surface area contributed by atoms with Gasteiger partial charge in [0.05, 0.1) is 0 Å². The van der Waals surface area contributed by atoms with Gasteiger partial charge in [0.2, 0.25) is 0 Å². The van der Waals surface area contributed by atoms with Crippen molar-refractivity contribution in [3.8, 4) is 0 Å². The smallest absolute Gasteiger partial charge is 0.332 e. The van der Waals surface area contributed by atoms with Crippen molar-refractivity contribution < 1.29 is 0 Å². The molecule has 0 amide bonds. The predicted molar refractivity (Wildman–Crippen MR) is 58.8 cm³/mol. The molecular weight excluding hydrogens is 250 g/mol. The molecule has 1 heterocycles. The van der Waals surface area contributed by atoms with Gasteiger partial charge in [-0.25, -0.2) is 4.79 Å². The number of anilines is 1. The van der Waals surface area contributed by atoms with E-state index < -0.39 is 0 Å². The number of aromatic nitrogens is 2. The molecule has 1 N–H and O–H groups in total. The van der Waals surface area contributed by atoms with Crippen LogP contribution in [0.5, 0.6) is 0 Å². The number of halogens is 1. The molecule has 0 unspecified atom stereocenters. The zero-order valence-corrected chi connectivity index (χ0v) is 9.88. The van der Waals surface area contributed by atoms with Crippen molar-refractivity contribution >= 4 is 21.7 Å². The van der Waals surface area contributed by atoms with Crippen LogP contribution in [0.1, 0.15) is 6.92 Å². The van der Waals surface area contributed by atoms with E-state index in [0.717, 1.165) is 4.57 Å². The van der Waals surface area contributed by atoms with Crippen LogP contribution in [0, 0.1) is 0 Å². The Hall–Kier alpha value is -1.04. The molecule has 0 aromatic carbocycles. The largest absolute Gasteiger partial charge is 0.371 e. The first-order chi connectivity index (χ1) is 6.50. The summed E-state index contributed by atoms with van der Waals surface area (Å²) in [4.78, 5) is 23.0. The van der Waals surface area contributed by atoms with Gasteiger partial charge in [0, 0.05) is 20.6 Å². The molecule has 1 rings (SSSR count). The lowest BCUT2D eigenvalue weighted by atomic mass is 10.5. The van der Waals surface area contributed by atoms with Crippen LogP contribution in [0.4, 0.5) is 5.82 Å². The lowest BCUT2D eigenvalue weighted by molar-refractivity contribution is 0.684. The Balaban J connectivity index is 3.60. The summed E-state index contributed by atoms with van der Waals surface area (Å²) in [6.45, 7) is 2.55. The summed E-state index contributed by atoms with van der Waals surface area (Å²) in [5, 5.41) is 2.96. The lowest BCUT2D eigenvalue weighted by Crippen LogP contribution is -2.38. The second-order valence-electron chi connectivity index (χ2n) is 2.90. The van der Waals surface area contributed by atoms with E-state index in [4.69, 9.17) is 0 Å². The Kier molecular flexibility index (Phi) is 3.15. The minimum absolute atomic E-state index is 0.330. The van der Waals surface area contributed by atoms with E-state index in [1.54, 1.807) is 7.05 Å². The second-order valence-corrected chi connectivity index (χ2v) is 3.69. The maximum atomic E-state index is 11.5. The third-order valence-electron chi connectivity index (χ3n) is 1.95. The Bertz CT molecular complexity index is 424. The van der Waals surface area contributed by atoms with E-state index in [1.807, 2.05) is 6.92 Å². The molecular formula is C8H12BrN3O2. The maximum absolute atomic E-state index is 11.5. The Morgan fingerprint density at radius 1 is 1.29 bits per heavy atom. The highest BCUT2D eigenvalue weighted by Gasteiger charge is 2.11. The third kappa shape index (κ3) is 1.61. The standard InChI is InChI=1S/C8H12BrN3O2/c1-4-10-6-5(9)7(13)12(3)8(14)11(6)2/h10H,4H2,1-3H3. The molecule has 0 bridgehead atoms. The van der Waals surface area contributed by atoms with E-state index in [1.165, 1.54) is 11.6 Å². The van der Waals surface area contributed by atoms with Crippen molar-refractivity contribution in [3.05, 3.63) is 25.3 Å². The number of hydrogen-bond acceptors (Lipinski definition) is 3. The van der Waals surface area contributed by atoms with Crippen LogP contribution in [0.2, 0.25) is 0 Å². The number of nitrogens with one attached hydrogen (secondary N) is 1. The molecule has 5 nitrogen and oxygen atoms in total. The van der Waals surface area contributed by atoms with E-state index >= 15 is 0 Å². The first-order valence-electron chi connectivity index (χ1n) is 4.20. The topological polar surface area (TPSA) is 56.0 Å². The van der Waals surface area contributed by atoms with E-state index in [2.05, 4.69) is 21.2 Å². The van der Waals surface area contributed by atoms with Crippen LogP contribution in [-0.2, 0) is 14.1 Å². The molecule has 78 valence electrons. The lowest BCUT2D eigenvalue weighted by Gasteiger charge is -2.12. The van der Waals surface area contributed by atoms with Crippen molar-refractivity contribution in [2.24, 2.45) is 14.1 Å². The highest BCUT2D eigenvalue weighted by Crippen LogP contribution is 2.14. The monoisotopic (exact) mass is 261 g/mol. The van der Waals surface area contributed by atoms with E-state index in [-0.39, 0.29) is 11.2 Å². The van der Waals surface area contributed by atoms with Gasteiger partial charge in [-0.1, -0.05) is 0 Å². The molecule has 14 heavy (non-hydrogen) atoms. The fourth-order valence-corrected chi connectivity index (χ4v) is 1.84. The Morgan fingerprint density at radius 3 is 2.36 bits per heavy atom. The predicted octanol–water partition coefficient (Wildman–Crippen LogP) is 0.278. The van der Waals surface area contributed by atoms with Crippen molar-refractivity contribution in [1.29, 1.82) is 0 Å². The highest BCUT2D eigenvalue weighted by atomic mass is 79.9. The van der Waals surface area contributed by atoms with Gasteiger partial charge in [0.1, 0.15) is 10.3 Å². The molecule has 0 saturated carbocycles. The molecule has 0 aliphatic carbocycles. The zero-order valence-electron chi connectivity index (χ0n) is 8.30. The summed E-state index contributed by atoms with van der Waals surface area (Å²) in [7, 11) is 3.07. The third-order valence-corrected chi connectivity index (χ3v) is 2.67. The van der Waals surface area contributed by atoms with Crippen molar-refractivity contribution in [2.45, 2.75) is 6.92 Å². The summed E-state index contributed by atoms with van der Waals surface area (Å²) in [5.41, 5.74) is -0.668. The second kappa shape index (κ2) is 4.00. The van der Waals surface area contributed by atoms with Gasteiger partial charge < -0.3 is 5.32 Å². The van der Waals surface area contributed by atoms with Gasteiger partial charge >= 0.3 is 5.69 Å². The summed E-state index contributed by atoms with van der Waals surface area (Å²) < 4.78 is 2.84. The summed E-state index contributed by atoms with van der Waals surface area (Å²) in [5.74, 6) is 0.514. The minimum Gasteiger partial charge on any atom is -0.371 e. The van der Waals surface area contributed by atoms with Crippen LogP contribution in [0.3, 0.4) is 0 Å². The molecule has 0 radical (unpaired) electrons. The molecule has 1 aromatic heterocycles.